The maximum absolute atomic E-state index is 13.3. The third-order valence-electron chi connectivity index (χ3n) is 7.02. The van der Waals surface area contributed by atoms with Crippen LogP contribution in [0.2, 0.25) is 5.02 Å². The molecule has 0 radical (unpaired) electrons. The molecule has 2 aliphatic rings. The number of benzene rings is 2. The van der Waals surface area contributed by atoms with Crippen LogP contribution in [0.25, 0.3) is 17.0 Å². The van der Waals surface area contributed by atoms with Crippen molar-refractivity contribution < 1.29 is 19.4 Å². The van der Waals surface area contributed by atoms with E-state index in [2.05, 4.69) is 27.8 Å². The van der Waals surface area contributed by atoms with Crippen molar-refractivity contribution in [2.24, 2.45) is 4.99 Å². The Bertz CT molecular complexity index is 1560. The monoisotopic (exact) mass is 641 g/mol. The van der Waals surface area contributed by atoms with Crippen LogP contribution in [0.5, 0.6) is 0 Å². The van der Waals surface area contributed by atoms with E-state index < -0.39 is 5.97 Å². The van der Waals surface area contributed by atoms with E-state index in [9.17, 15) is 14.7 Å². The van der Waals surface area contributed by atoms with Crippen LogP contribution in [-0.2, 0) is 20.9 Å². The lowest BCUT2D eigenvalue weighted by Crippen LogP contribution is -2.43. The highest BCUT2D eigenvalue weighted by Crippen LogP contribution is 2.41. The van der Waals surface area contributed by atoms with Crippen LogP contribution in [-0.4, -0.2) is 50.7 Å². The van der Waals surface area contributed by atoms with Crippen LogP contribution in [0.3, 0.4) is 0 Å². The summed E-state index contributed by atoms with van der Waals surface area (Å²) in [6.07, 6.45) is 6.94. The minimum Gasteiger partial charge on any atom is -0.506 e. The number of aliphatic hydroxyl groups excluding tert-OH is 1. The van der Waals surface area contributed by atoms with Gasteiger partial charge in [-0.15, -0.1) is 0 Å². The molecule has 0 unspecified atom stereocenters. The molecule has 0 spiro atoms. The highest BCUT2D eigenvalue weighted by atomic mass is 79.9. The first-order chi connectivity index (χ1) is 19.2. The number of amides is 1. The molecule has 1 saturated heterocycles. The van der Waals surface area contributed by atoms with Crippen LogP contribution in [0.1, 0.15) is 38.7 Å². The Labute approximate surface area is 250 Å². The van der Waals surface area contributed by atoms with Crippen molar-refractivity contribution in [2.45, 2.75) is 45.7 Å². The minimum atomic E-state index is -0.643. The molecule has 1 amide bonds. The summed E-state index contributed by atoms with van der Waals surface area (Å²) in [6.45, 7) is 4.98. The number of likely N-dealkylation sites (tertiary alicyclic amines) is 1. The number of halogens is 2. The van der Waals surface area contributed by atoms with Crippen LogP contribution >= 0.6 is 39.3 Å². The first-order valence-electron chi connectivity index (χ1n) is 13.2. The van der Waals surface area contributed by atoms with Gasteiger partial charge in [0.05, 0.1) is 17.2 Å². The molecule has 10 heteroatoms. The van der Waals surface area contributed by atoms with Gasteiger partial charge < -0.3 is 19.3 Å². The van der Waals surface area contributed by atoms with Gasteiger partial charge in [0.2, 0.25) is 5.91 Å². The van der Waals surface area contributed by atoms with E-state index in [1.165, 1.54) is 11.8 Å². The van der Waals surface area contributed by atoms with Crippen LogP contribution < -0.4 is 0 Å². The molecule has 2 aliphatic heterocycles. The number of aliphatic imine (C=N–C) groups is 1. The summed E-state index contributed by atoms with van der Waals surface area (Å²) in [4.78, 5) is 33.1. The van der Waals surface area contributed by atoms with Crippen molar-refractivity contribution in [3.63, 3.8) is 0 Å². The molecule has 208 valence electrons. The lowest BCUT2D eigenvalue weighted by Gasteiger charge is -2.33. The number of ether oxygens (including phenoxy) is 1. The maximum atomic E-state index is 13.3. The van der Waals surface area contributed by atoms with E-state index in [4.69, 9.17) is 16.3 Å². The number of aliphatic hydroxyl groups is 1. The first-order valence-corrected chi connectivity index (χ1v) is 15.2. The zero-order valence-corrected chi connectivity index (χ0v) is 25.4. The van der Waals surface area contributed by atoms with Crippen LogP contribution in [0.15, 0.2) is 74.4 Å². The number of aromatic nitrogens is 1. The van der Waals surface area contributed by atoms with Gasteiger partial charge in [-0.25, -0.2) is 9.79 Å². The van der Waals surface area contributed by atoms with Crippen LogP contribution in [0.4, 0.5) is 5.69 Å². The summed E-state index contributed by atoms with van der Waals surface area (Å²) < 4.78 is 8.07. The van der Waals surface area contributed by atoms with E-state index in [-0.39, 0.29) is 36.4 Å². The van der Waals surface area contributed by atoms with E-state index in [0.29, 0.717) is 20.7 Å². The predicted molar refractivity (Wildman–Crippen MR) is 165 cm³/mol. The van der Waals surface area contributed by atoms with Gasteiger partial charge in [-0.1, -0.05) is 39.3 Å². The molecule has 5 rings (SSSR count). The molecule has 1 aromatic heterocycles. The second-order valence-corrected chi connectivity index (χ2v) is 12.1. The molecule has 3 aromatic rings. The normalized spacial score (nSPS) is 19.7. The molecule has 3 heterocycles. The largest absolute Gasteiger partial charge is 0.506 e. The molecule has 1 fully saturated rings. The molecule has 1 atom stereocenters. The molecule has 7 nitrogen and oxygen atoms in total. The quantitative estimate of drug-likeness (QED) is 0.279. The Balaban J connectivity index is 1.54. The summed E-state index contributed by atoms with van der Waals surface area (Å²) in [5.74, 6) is -0.744. The Hall–Kier alpha value is -3.01. The molecule has 40 heavy (non-hydrogen) atoms. The van der Waals surface area contributed by atoms with Crippen molar-refractivity contribution in [1.29, 1.82) is 0 Å². The second-order valence-electron chi connectivity index (χ2n) is 9.75. The Kier molecular flexibility index (Phi) is 8.73. The Morgan fingerprint density at radius 3 is 2.73 bits per heavy atom. The van der Waals surface area contributed by atoms with Crippen molar-refractivity contribution in [2.75, 3.05) is 13.2 Å². The molecule has 0 bridgehead atoms. The second kappa shape index (κ2) is 12.2. The molecule has 2 aromatic carbocycles. The van der Waals surface area contributed by atoms with Gasteiger partial charge in [-0.3, -0.25) is 4.79 Å². The van der Waals surface area contributed by atoms with Crippen molar-refractivity contribution in [1.82, 2.24) is 9.47 Å². The molecule has 0 aliphatic carbocycles. The number of nitrogens with zero attached hydrogens (tertiary/aromatic N) is 3. The average Bonchev–Trinajstić information content (AvgIpc) is 3.41. The smallest absolute Gasteiger partial charge is 0.344 e. The summed E-state index contributed by atoms with van der Waals surface area (Å²) in [7, 11) is 0. The summed E-state index contributed by atoms with van der Waals surface area (Å²) >= 11 is 10.8. The van der Waals surface area contributed by atoms with E-state index in [0.717, 1.165) is 46.7 Å². The number of piperidine rings is 1. The Morgan fingerprint density at radius 2 is 2.00 bits per heavy atom. The Morgan fingerprint density at radius 1 is 1.23 bits per heavy atom. The van der Waals surface area contributed by atoms with Gasteiger partial charge in [-0.2, -0.15) is 0 Å². The highest BCUT2D eigenvalue weighted by Gasteiger charge is 2.33. The molecular weight excluding hydrogens is 614 g/mol. The highest BCUT2D eigenvalue weighted by molar-refractivity contribution is 9.10. The number of esters is 1. The number of hydrogen-bond acceptors (Lipinski definition) is 6. The first kappa shape index (κ1) is 28.5. The number of thioether (sulfide) groups is 1. The van der Waals surface area contributed by atoms with Gasteiger partial charge in [0.25, 0.3) is 0 Å². The fourth-order valence-electron chi connectivity index (χ4n) is 5.01. The van der Waals surface area contributed by atoms with Crippen molar-refractivity contribution in [3.05, 3.63) is 80.0 Å². The lowest BCUT2D eigenvalue weighted by atomic mass is 10.0. The zero-order valence-electron chi connectivity index (χ0n) is 22.2. The molecular formula is C30H29BrClN3O4S. The van der Waals surface area contributed by atoms with Gasteiger partial charge in [-0.05, 0) is 81.7 Å². The summed E-state index contributed by atoms with van der Waals surface area (Å²) in [5.41, 5.74) is 2.32. The van der Waals surface area contributed by atoms with Crippen LogP contribution in [0, 0.1) is 0 Å². The predicted octanol–water partition coefficient (Wildman–Crippen LogP) is 7.65. The van der Waals surface area contributed by atoms with Crippen molar-refractivity contribution >= 4 is 78.9 Å². The average molecular weight is 643 g/mol. The minimum absolute atomic E-state index is 0.0206. The standard InChI is InChI=1S/C30H29BrClN3O4S/c1-3-39-30(38)27-28(37)25(40-29(27)33-22-10-8-21(32)9-11-22)14-19-16-34(24-12-7-20(31)15-23(19)24)17-26(36)35-13-5-4-6-18(35)2/h7-12,14-16,18,37H,3-6,13,17H2,1-2H3/b25-14-,33-29?/t18-/m1/s1. The molecule has 1 N–H and O–H groups in total. The number of carbonyl (C=O) groups is 2. The number of rotatable bonds is 6. The third kappa shape index (κ3) is 6.01. The van der Waals surface area contributed by atoms with E-state index >= 15 is 0 Å². The summed E-state index contributed by atoms with van der Waals surface area (Å²) in [5, 5.41) is 13.0. The fraction of sp³-hybridized carbons (Fsp3) is 0.300. The van der Waals surface area contributed by atoms with Gasteiger partial charge >= 0.3 is 5.97 Å². The SMILES string of the molecule is CCOC(=O)C1=C(O)/C(=C/c2cn(CC(=O)N3CCCC[C@H]3C)c3ccc(Br)cc23)SC1=Nc1ccc(Cl)cc1. The van der Waals surface area contributed by atoms with Gasteiger partial charge in [0.1, 0.15) is 22.9 Å². The van der Waals surface area contributed by atoms with Gasteiger partial charge in [0, 0.05) is 44.7 Å². The number of hydrogen-bond donors (Lipinski definition) is 1. The zero-order chi connectivity index (χ0) is 28.4. The number of carbonyl (C=O) groups excluding carboxylic acids is 2. The fourth-order valence-corrected chi connectivity index (χ4v) is 6.53. The third-order valence-corrected chi connectivity index (χ3v) is 8.78. The topological polar surface area (TPSA) is 84.1 Å². The molecule has 0 saturated carbocycles. The van der Waals surface area contributed by atoms with Gasteiger partial charge in [0.15, 0.2) is 0 Å². The number of fused-ring (bicyclic) bond motifs is 1. The van der Waals surface area contributed by atoms with E-state index in [1.54, 1.807) is 31.2 Å². The lowest BCUT2D eigenvalue weighted by molar-refractivity contribution is -0.138. The maximum Gasteiger partial charge on any atom is 0.344 e. The van der Waals surface area contributed by atoms with E-state index in [1.807, 2.05) is 39.9 Å². The summed E-state index contributed by atoms with van der Waals surface area (Å²) in [6, 6.07) is 13.0. The van der Waals surface area contributed by atoms with Crippen molar-refractivity contribution in [3.8, 4) is 0 Å².